The standard InChI is InChI=1S/C36H51N3O2/c1-7-13-25-39(26-14-8-2)31-21-17-29(18-22-31)35(28-15-19-30(20-16-28)37(9-3)10-4)33-24-23-32(38(11-5)12-6)27-34(33)36(40)41/h15-24,27,35H,7-14,25-26H2,1-6H3,(H,40,41). The van der Waals surface area contributed by atoms with Crippen LogP contribution in [0.4, 0.5) is 17.1 Å². The van der Waals surface area contributed by atoms with E-state index < -0.39 is 5.97 Å². The van der Waals surface area contributed by atoms with Crippen molar-refractivity contribution in [2.45, 2.75) is 73.1 Å². The summed E-state index contributed by atoms with van der Waals surface area (Å²) in [5.41, 5.74) is 6.76. The molecule has 0 amide bonds. The summed E-state index contributed by atoms with van der Waals surface area (Å²) in [4.78, 5) is 19.7. The van der Waals surface area contributed by atoms with Gasteiger partial charge in [-0.3, -0.25) is 0 Å². The molecule has 0 saturated heterocycles. The molecule has 1 N–H and O–H groups in total. The third-order valence-corrected chi connectivity index (χ3v) is 8.22. The number of aromatic carboxylic acids is 1. The number of carboxylic acid groups (broad SMARTS) is 1. The van der Waals surface area contributed by atoms with Gasteiger partial charge >= 0.3 is 5.97 Å². The summed E-state index contributed by atoms with van der Waals surface area (Å²) in [6.45, 7) is 18.7. The maximum absolute atomic E-state index is 12.7. The van der Waals surface area contributed by atoms with E-state index in [1.807, 2.05) is 12.1 Å². The van der Waals surface area contributed by atoms with Gasteiger partial charge in [0.1, 0.15) is 0 Å². The van der Waals surface area contributed by atoms with Gasteiger partial charge in [0.2, 0.25) is 0 Å². The largest absolute Gasteiger partial charge is 0.478 e. The Morgan fingerprint density at radius 1 is 0.610 bits per heavy atom. The van der Waals surface area contributed by atoms with Crippen LogP contribution in [0, 0.1) is 0 Å². The van der Waals surface area contributed by atoms with Gasteiger partial charge in [0.05, 0.1) is 5.56 Å². The molecule has 0 aliphatic carbocycles. The number of nitrogens with zero attached hydrogens (tertiary/aromatic N) is 3. The number of anilines is 3. The second-order valence-corrected chi connectivity index (χ2v) is 10.7. The SMILES string of the molecule is CCCCN(CCCC)c1ccc(C(c2ccc(N(CC)CC)cc2)c2ccc(N(CC)CC)cc2C(=O)O)cc1. The normalized spacial score (nSPS) is 11.8. The molecule has 0 aromatic heterocycles. The van der Waals surface area contributed by atoms with Crippen LogP contribution in [0.5, 0.6) is 0 Å². The molecule has 0 fully saturated rings. The molecular weight excluding hydrogens is 506 g/mol. The smallest absolute Gasteiger partial charge is 0.336 e. The Hall–Kier alpha value is -3.47. The van der Waals surface area contributed by atoms with E-state index in [1.165, 1.54) is 37.1 Å². The molecule has 3 aromatic rings. The molecule has 41 heavy (non-hydrogen) atoms. The fraction of sp³-hybridized carbons (Fsp3) is 0.472. The first kappa shape index (κ1) is 32.0. The van der Waals surface area contributed by atoms with Gasteiger partial charge in [-0.05, 0) is 93.6 Å². The zero-order valence-electron chi connectivity index (χ0n) is 26.2. The second kappa shape index (κ2) is 16.1. The van der Waals surface area contributed by atoms with E-state index in [4.69, 9.17) is 0 Å². The van der Waals surface area contributed by atoms with Crippen LogP contribution in [0.3, 0.4) is 0 Å². The van der Waals surface area contributed by atoms with Gasteiger partial charge in [0.25, 0.3) is 0 Å². The summed E-state index contributed by atoms with van der Waals surface area (Å²) in [6.07, 6.45) is 4.70. The van der Waals surface area contributed by atoms with Crippen molar-refractivity contribution < 1.29 is 9.90 Å². The first-order valence-corrected chi connectivity index (χ1v) is 15.7. The van der Waals surface area contributed by atoms with Crippen molar-refractivity contribution in [3.05, 3.63) is 89.0 Å². The summed E-state index contributed by atoms with van der Waals surface area (Å²) in [5, 5.41) is 10.4. The minimum Gasteiger partial charge on any atom is -0.478 e. The van der Waals surface area contributed by atoms with Crippen molar-refractivity contribution in [2.24, 2.45) is 0 Å². The van der Waals surface area contributed by atoms with Gasteiger partial charge in [0, 0.05) is 62.2 Å². The van der Waals surface area contributed by atoms with Gasteiger partial charge in [0.15, 0.2) is 0 Å². The molecule has 0 aliphatic rings. The molecule has 0 saturated carbocycles. The van der Waals surface area contributed by atoms with E-state index in [2.05, 4.69) is 111 Å². The number of carbonyl (C=O) groups is 1. The fourth-order valence-electron chi connectivity index (χ4n) is 5.73. The van der Waals surface area contributed by atoms with E-state index >= 15 is 0 Å². The van der Waals surface area contributed by atoms with Gasteiger partial charge in [-0.1, -0.05) is 57.0 Å². The molecule has 1 atom stereocenters. The number of hydrogen-bond donors (Lipinski definition) is 1. The van der Waals surface area contributed by atoms with Crippen LogP contribution >= 0.6 is 0 Å². The zero-order chi connectivity index (χ0) is 29.8. The monoisotopic (exact) mass is 557 g/mol. The van der Waals surface area contributed by atoms with Crippen LogP contribution < -0.4 is 14.7 Å². The molecule has 1 unspecified atom stereocenters. The highest BCUT2D eigenvalue weighted by atomic mass is 16.4. The Balaban J connectivity index is 2.13. The first-order valence-electron chi connectivity index (χ1n) is 15.7. The van der Waals surface area contributed by atoms with Crippen LogP contribution in [0.2, 0.25) is 0 Å². The van der Waals surface area contributed by atoms with E-state index in [0.717, 1.165) is 61.6 Å². The lowest BCUT2D eigenvalue weighted by Crippen LogP contribution is -2.25. The molecule has 3 aromatic carbocycles. The number of hydrogen-bond acceptors (Lipinski definition) is 4. The van der Waals surface area contributed by atoms with E-state index in [-0.39, 0.29) is 5.92 Å². The van der Waals surface area contributed by atoms with Gasteiger partial charge < -0.3 is 19.8 Å². The molecule has 0 bridgehead atoms. The maximum atomic E-state index is 12.7. The average Bonchev–Trinajstić information content (AvgIpc) is 3.00. The van der Waals surface area contributed by atoms with Crippen LogP contribution in [0.15, 0.2) is 66.7 Å². The Morgan fingerprint density at radius 3 is 1.44 bits per heavy atom. The number of benzene rings is 3. The predicted octanol–water partition coefficient (Wildman–Crippen LogP) is 8.66. The topological polar surface area (TPSA) is 47.0 Å². The molecule has 0 spiro atoms. The number of unbranched alkanes of at least 4 members (excludes halogenated alkanes) is 2. The fourth-order valence-corrected chi connectivity index (χ4v) is 5.73. The van der Waals surface area contributed by atoms with Crippen molar-refractivity contribution in [2.75, 3.05) is 54.0 Å². The highest BCUT2D eigenvalue weighted by molar-refractivity contribution is 5.91. The third kappa shape index (κ3) is 8.06. The minimum absolute atomic E-state index is 0.189. The molecule has 0 heterocycles. The van der Waals surface area contributed by atoms with Crippen LogP contribution in [0.1, 0.15) is 100 Å². The summed E-state index contributed by atoms with van der Waals surface area (Å²) < 4.78 is 0. The van der Waals surface area contributed by atoms with Crippen molar-refractivity contribution in [3.8, 4) is 0 Å². The molecule has 5 nitrogen and oxygen atoms in total. The number of rotatable bonds is 17. The van der Waals surface area contributed by atoms with Crippen molar-refractivity contribution >= 4 is 23.0 Å². The van der Waals surface area contributed by atoms with E-state index in [1.54, 1.807) is 0 Å². The summed E-state index contributed by atoms with van der Waals surface area (Å²) >= 11 is 0. The van der Waals surface area contributed by atoms with Gasteiger partial charge in [-0.15, -0.1) is 0 Å². The molecule has 0 aliphatic heterocycles. The number of carboxylic acids is 1. The highest BCUT2D eigenvalue weighted by Gasteiger charge is 2.24. The summed E-state index contributed by atoms with van der Waals surface area (Å²) in [5.74, 6) is -1.08. The molecule has 5 heteroatoms. The summed E-state index contributed by atoms with van der Waals surface area (Å²) in [7, 11) is 0. The van der Waals surface area contributed by atoms with Crippen LogP contribution in [-0.2, 0) is 0 Å². The Kier molecular flexibility index (Phi) is 12.6. The predicted molar refractivity (Wildman–Crippen MR) is 176 cm³/mol. The van der Waals surface area contributed by atoms with Crippen molar-refractivity contribution in [3.63, 3.8) is 0 Å². The molecule has 3 rings (SSSR count). The summed E-state index contributed by atoms with van der Waals surface area (Å²) in [6, 6.07) is 23.5. The Labute approximate surface area is 248 Å². The van der Waals surface area contributed by atoms with E-state index in [9.17, 15) is 9.90 Å². The van der Waals surface area contributed by atoms with Gasteiger partial charge in [-0.25, -0.2) is 4.79 Å². The third-order valence-electron chi connectivity index (χ3n) is 8.22. The molecule has 222 valence electrons. The van der Waals surface area contributed by atoms with E-state index in [0.29, 0.717) is 5.56 Å². The lowest BCUT2D eigenvalue weighted by atomic mass is 9.82. The quantitative estimate of drug-likeness (QED) is 0.168. The highest BCUT2D eigenvalue weighted by Crippen LogP contribution is 2.37. The van der Waals surface area contributed by atoms with Crippen molar-refractivity contribution in [1.29, 1.82) is 0 Å². The van der Waals surface area contributed by atoms with Crippen LogP contribution in [-0.4, -0.2) is 50.3 Å². The van der Waals surface area contributed by atoms with Crippen molar-refractivity contribution in [1.82, 2.24) is 0 Å². The lowest BCUT2D eigenvalue weighted by Gasteiger charge is -2.27. The minimum atomic E-state index is -0.888. The zero-order valence-corrected chi connectivity index (χ0v) is 26.2. The average molecular weight is 558 g/mol. The molecule has 0 radical (unpaired) electrons. The van der Waals surface area contributed by atoms with Gasteiger partial charge in [-0.2, -0.15) is 0 Å². The first-order chi connectivity index (χ1) is 19.9. The maximum Gasteiger partial charge on any atom is 0.336 e. The lowest BCUT2D eigenvalue weighted by molar-refractivity contribution is 0.0695. The van der Waals surface area contributed by atoms with Crippen LogP contribution in [0.25, 0.3) is 0 Å². The Morgan fingerprint density at radius 2 is 1.02 bits per heavy atom. The Bertz CT molecular complexity index is 1190. The molecular formula is C36H51N3O2. The second-order valence-electron chi connectivity index (χ2n) is 10.7.